The summed E-state index contributed by atoms with van der Waals surface area (Å²) in [6, 6.07) is 0. The van der Waals surface area contributed by atoms with Gasteiger partial charge < -0.3 is 10.0 Å². The minimum Gasteiger partial charge on any atom is -0.481 e. The number of amides is 1. The molecule has 2 aliphatic rings. The fourth-order valence-electron chi connectivity index (χ4n) is 3.02. The molecule has 1 N–H and O–H groups in total. The second-order valence-corrected chi connectivity index (χ2v) is 5.24. The van der Waals surface area contributed by atoms with Crippen molar-refractivity contribution in [3.8, 4) is 0 Å². The average molecular weight is 246 g/mol. The van der Waals surface area contributed by atoms with Gasteiger partial charge in [-0.3, -0.25) is 9.59 Å². The maximum Gasteiger partial charge on any atom is 0.306 e. The van der Waals surface area contributed by atoms with Gasteiger partial charge in [0.2, 0.25) is 5.91 Å². The number of rotatable bonds is 2. The van der Waals surface area contributed by atoms with Crippen LogP contribution in [0.25, 0.3) is 0 Å². The van der Waals surface area contributed by atoms with Gasteiger partial charge in [0.15, 0.2) is 0 Å². The summed E-state index contributed by atoms with van der Waals surface area (Å²) < 4.78 is 0. The van der Waals surface area contributed by atoms with Gasteiger partial charge in [0, 0.05) is 13.1 Å². The van der Waals surface area contributed by atoms with Crippen LogP contribution in [0.1, 0.15) is 25.7 Å². The number of nitrogens with zero attached hydrogens (tertiary/aromatic N) is 1. The van der Waals surface area contributed by atoms with Gasteiger partial charge in [0.25, 0.3) is 0 Å². The normalized spacial score (nSPS) is 33.6. The number of hydrogen-bond acceptors (Lipinski definition) is 2. The molecule has 1 spiro atoms. The maximum absolute atomic E-state index is 11.4. The first-order valence-electron chi connectivity index (χ1n) is 5.63. The highest BCUT2D eigenvalue weighted by atomic mass is 35.5. The second kappa shape index (κ2) is 4.24. The van der Waals surface area contributed by atoms with Crippen LogP contribution in [-0.2, 0) is 9.59 Å². The second-order valence-electron chi connectivity index (χ2n) is 4.98. The van der Waals surface area contributed by atoms with Crippen molar-refractivity contribution in [2.24, 2.45) is 11.3 Å². The highest BCUT2D eigenvalue weighted by Crippen LogP contribution is 2.48. The number of halogens is 1. The number of likely N-dealkylation sites (tertiary alicyclic amines) is 1. The lowest BCUT2D eigenvalue weighted by Crippen LogP contribution is -2.32. The molecule has 0 aromatic heterocycles. The van der Waals surface area contributed by atoms with Crippen LogP contribution in [0.15, 0.2) is 0 Å². The molecular formula is C11H16ClNO3. The van der Waals surface area contributed by atoms with E-state index in [0.29, 0.717) is 13.0 Å². The van der Waals surface area contributed by atoms with Crippen molar-refractivity contribution in [3.05, 3.63) is 0 Å². The third-order valence-electron chi connectivity index (χ3n) is 3.96. The van der Waals surface area contributed by atoms with Crippen molar-refractivity contribution in [2.75, 3.05) is 19.0 Å². The summed E-state index contributed by atoms with van der Waals surface area (Å²) in [4.78, 5) is 24.1. The Morgan fingerprint density at radius 3 is 2.75 bits per heavy atom. The first-order valence-corrected chi connectivity index (χ1v) is 6.16. The Bertz CT molecular complexity index is 320. The van der Waals surface area contributed by atoms with Crippen molar-refractivity contribution in [1.29, 1.82) is 0 Å². The van der Waals surface area contributed by atoms with Crippen LogP contribution >= 0.6 is 11.6 Å². The summed E-state index contributed by atoms with van der Waals surface area (Å²) in [6.45, 7) is 1.43. The van der Waals surface area contributed by atoms with Gasteiger partial charge in [0.1, 0.15) is 5.88 Å². The van der Waals surface area contributed by atoms with E-state index in [0.717, 1.165) is 25.8 Å². The highest BCUT2D eigenvalue weighted by molar-refractivity contribution is 6.27. The zero-order chi connectivity index (χ0) is 11.8. The van der Waals surface area contributed by atoms with E-state index in [1.807, 2.05) is 0 Å². The van der Waals surface area contributed by atoms with Crippen LogP contribution < -0.4 is 0 Å². The van der Waals surface area contributed by atoms with E-state index < -0.39 is 5.97 Å². The van der Waals surface area contributed by atoms with Crippen molar-refractivity contribution < 1.29 is 14.7 Å². The van der Waals surface area contributed by atoms with E-state index in [2.05, 4.69) is 0 Å². The number of carboxylic acid groups (broad SMARTS) is 1. The Labute approximate surface area is 99.6 Å². The number of carbonyl (C=O) groups excluding carboxylic acids is 1. The van der Waals surface area contributed by atoms with E-state index in [1.165, 1.54) is 0 Å². The Morgan fingerprint density at radius 2 is 2.19 bits per heavy atom. The van der Waals surface area contributed by atoms with Gasteiger partial charge in [0.05, 0.1) is 5.92 Å². The van der Waals surface area contributed by atoms with E-state index >= 15 is 0 Å². The molecule has 5 heteroatoms. The number of hydrogen-bond donors (Lipinski definition) is 1. The summed E-state index contributed by atoms with van der Waals surface area (Å²) in [5.74, 6) is -0.916. The minimum absolute atomic E-state index is 0.0262. The van der Waals surface area contributed by atoms with Crippen LogP contribution in [0.2, 0.25) is 0 Å². The number of alkyl halides is 1. The minimum atomic E-state index is -0.695. The molecule has 2 atom stereocenters. The van der Waals surface area contributed by atoms with Crippen LogP contribution in [0.4, 0.5) is 0 Å². The SMILES string of the molecule is O=C(O)[C@H]1CC[C@@]2(CCN(C(=O)CCl)C2)C1. The summed E-state index contributed by atoms with van der Waals surface area (Å²) in [5, 5.41) is 8.98. The standard InChI is InChI=1S/C11H16ClNO3/c12-6-9(14)13-4-3-11(7-13)2-1-8(5-11)10(15)16/h8H,1-7H2,(H,15,16)/t8-,11+/m0/s1. The number of carboxylic acids is 1. The lowest BCUT2D eigenvalue weighted by molar-refractivity contribution is -0.141. The van der Waals surface area contributed by atoms with Crippen molar-refractivity contribution in [1.82, 2.24) is 4.90 Å². The molecule has 0 aromatic rings. The van der Waals surface area contributed by atoms with Gasteiger partial charge in [-0.2, -0.15) is 0 Å². The van der Waals surface area contributed by atoms with Crippen LogP contribution in [0.5, 0.6) is 0 Å². The van der Waals surface area contributed by atoms with Crippen LogP contribution in [0, 0.1) is 11.3 Å². The van der Waals surface area contributed by atoms with E-state index in [4.69, 9.17) is 16.7 Å². The Balaban J connectivity index is 1.98. The smallest absolute Gasteiger partial charge is 0.306 e. The van der Waals surface area contributed by atoms with E-state index in [-0.39, 0.29) is 23.1 Å². The van der Waals surface area contributed by atoms with Crippen molar-refractivity contribution in [3.63, 3.8) is 0 Å². The molecule has 1 heterocycles. The van der Waals surface area contributed by atoms with Crippen molar-refractivity contribution in [2.45, 2.75) is 25.7 Å². The molecule has 0 radical (unpaired) electrons. The Morgan fingerprint density at radius 1 is 1.44 bits per heavy atom. The fourth-order valence-corrected chi connectivity index (χ4v) is 3.19. The van der Waals surface area contributed by atoms with Crippen LogP contribution in [0.3, 0.4) is 0 Å². The summed E-state index contributed by atoms with van der Waals surface area (Å²) in [5.41, 5.74) is 0.0603. The maximum atomic E-state index is 11.4. The molecule has 2 fully saturated rings. The predicted molar refractivity (Wildman–Crippen MR) is 59.3 cm³/mol. The number of carbonyl (C=O) groups is 2. The Kier molecular flexibility index (Phi) is 3.10. The molecule has 0 bridgehead atoms. The molecule has 1 saturated heterocycles. The molecule has 1 amide bonds. The largest absolute Gasteiger partial charge is 0.481 e. The quantitative estimate of drug-likeness (QED) is 0.747. The highest BCUT2D eigenvalue weighted by Gasteiger charge is 2.46. The summed E-state index contributed by atoms with van der Waals surface area (Å²) in [6.07, 6.45) is 3.32. The first kappa shape index (κ1) is 11.7. The van der Waals surface area contributed by atoms with Gasteiger partial charge >= 0.3 is 5.97 Å². The zero-order valence-electron chi connectivity index (χ0n) is 9.12. The third kappa shape index (κ3) is 2.03. The zero-order valence-corrected chi connectivity index (χ0v) is 9.87. The number of aliphatic carboxylic acids is 1. The lowest BCUT2D eigenvalue weighted by Gasteiger charge is -2.23. The summed E-state index contributed by atoms with van der Waals surface area (Å²) >= 11 is 5.52. The van der Waals surface area contributed by atoms with Gasteiger partial charge in [-0.05, 0) is 31.1 Å². The van der Waals surface area contributed by atoms with Crippen molar-refractivity contribution >= 4 is 23.5 Å². The third-order valence-corrected chi connectivity index (χ3v) is 4.19. The van der Waals surface area contributed by atoms with E-state index in [9.17, 15) is 9.59 Å². The molecule has 1 aliphatic carbocycles. The van der Waals surface area contributed by atoms with Gasteiger partial charge in [-0.1, -0.05) is 0 Å². The molecule has 4 nitrogen and oxygen atoms in total. The van der Waals surface area contributed by atoms with Gasteiger partial charge in [-0.25, -0.2) is 0 Å². The first-order chi connectivity index (χ1) is 7.56. The molecular weight excluding hydrogens is 230 g/mol. The average Bonchev–Trinajstić information content (AvgIpc) is 2.86. The van der Waals surface area contributed by atoms with Gasteiger partial charge in [-0.15, -0.1) is 11.6 Å². The lowest BCUT2D eigenvalue weighted by atomic mass is 9.84. The molecule has 2 rings (SSSR count). The Hall–Kier alpha value is -0.770. The van der Waals surface area contributed by atoms with Crippen LogP contribution in [-0.4, -0.2) is 40.9 Å². The molecule has 0 unspecified atom stereocenters. The molecule has 16 heavy (non-hydrogen) atoms. The topological polar surface area (TPSA) is 57.6 Å². The fraction of sp³-hybridized carbons (Fsp3) is 0.818. The summed E-state index contributed by atoms with van der Waals surface area (Å²) in [7, 11) is 0. The predicted octanol–water partition coefficient (Wildman–Crippen LogP) is 1.33. The molecule has 90 valence electrons. The molecule has 0 aromatic carbocycles. The molecule has 1 saturated carbocycles. The monoisotopic (exact) mass is 245 g/mol. The molecule has 1 aliphatic heterocycles. The van der Waals surface area contributed by atoms with E-state index in [1.54, 1.807) is 4.90 Å².